The molecular formula is C16H24N2O5. The van der Waals surface area contributed by atoms with Crippen molar-refractivity contribution in [1.29, 1.82) is 0 Å². The maximum Gasteiger partial charge on any atom is 0.412 e. The summed E-state index contributed by atoms with van der Waals surface area (Å²) in [5.41, 5.74) is -0.255. The Labute approximate surface area is 136 Å². The molecular weight excluding hydrogens is 300 g/mol. The van der Waals surface area contributed by atoms with Gasteiger partial charge in [-0.25, -0.2) is 9.78 Å². The smallest absolute Gasteiger partial charge is 0.412 e. The molecule has 2 rings (SSSR count). The van der Waals surface area contributed by atoms with Crippen molar-refractivity contribution < 1.29 is 24.1 Å². The Morgan fingerprint density at radius 2 is 2.09 bits per heavy atom. The fourth-order valence-electron chi connectivity index (χ4n) is 2.14. The van der Waals surface area contributed by atoms with Crippen LogP contribution in [0.2, 0.25) is 0 Å². The van der Waals surface area contributed by atoms with E-state index in [-0.39, 0.29) is 6.79 Å². The third-order valence-electron chi connectivity index (χ3n) is 3.42. The number of carboxylic acid groups (broad SMARTS) is 1. The van der Waals surface area contributed by atoms with Crippen molar-refractivity contribution in [3.05, 3.63) is 12.3 Å². The van der Waals surface area contributed by atoms with Crippen LogP contribution >= 0.6 is 0 Å². The van der Waals surface area contributed by atoms with Crippen molar-refractivity contribution in [1.82, 2.24) is 4.98 Å². The summed E-state index contributed by atoms with van der Waals surface area (Å²) in [6.45, 7) is 6.05. The predicted molar refractivity (Wildman–Crippen MR) is 85.2 cm³/mol. The Bertz CT molecular complexity index is 552. The number of amides is 1. The Morgan fingerprint density at radius 3 is 2.61 bits per heavy atom. The van der Waals surface area contributed by atoms with Crippen LogP contribution in [0, 0.1) is 5.92 Å². The first kappa shape index (κ1) is 17.3. The monoisotopic (exact) mass is 324 g/mol. The van der Waals surface area contributed by atoms with Crippen molar-refractivity contribution in [2.45, 2.75) is 39.2 Å². The molecule has 1 N–H and O–H groups in total. The third-order valence-corrected chi connectivity index (χ3v) is 3.42. The fraction of sp³-hybridized carbons (Fsp3) is 0.625. The summed E-state index contributed by atoms with van der Waals surface area (Å²) < 4.78 is 16.0. The van der Waals surface area contributed by atoms with Gasteiger partial charge in [0.15, 0.2) is 12.5 Å². The lowest BCUT2D eigenvalue weighted by molar-refractivity contribution is 0.0509. The molecule has 1 aliphatic carbocycles. The summed E-state index contributed by atoms with van der Waals surface area (Å²) in [7, 11) is 1.50. The molecule has 1 aromatic rings. The number of anilines is 1. The second kappa shape index (κ2) is 7.04. The van der Waals surface area contributed by atoms with Crippen LogP contribution < -0.4 is 14.4 Å². The normalized spacial score (nSPS) is 14.4. The minimum absolute atomic E-state index is 0.00849. The minimum atomic E-state index is -1.07. The van der Waals surface area contributed by atoms with Crippen molar-refractivity contribution in [2.24, 2.45) is 5.92 Å². The number of rotatable bonds is 7. The molecule has 0 aromatic carbocycles. The second-order valence-electron chi connectivity index (χ2n) is 6.58. The zero-order valence-corrected chi connectivity index (χ0v) is 14.0. The molecule has 7 nitrogen and oxygen atoms in total. The van der Waals surface area contributed by atoms with E-state index in [1.807, 2.05) is 20.8 Å². The molecule has 0 spiro atoms. The number of nitrogens with zero attached hydrogens (tertiary/aromatic N) is 2. The highest BCUT2D eigenvalue weighted by Gasteiger charge is 2.31. The van der Waals surface area contributed by atoms with Crippen LogP contribution in [0.5, 0.6) is 11.6 Å². The Balaban J connectivity index is 2.32. The molecule has 0 bridgehead atoms. The summed E-state index contributed by atoms with van der Waals surface area (Å²) in [4.78, 5) is 17.2. The van der Waals surface area contributed by atoms with E-state index in [1.165, 1.54) is 31.0 Å². The molecule has 128 valence electrons. The van der Waals surface area contributed by atoms with E-state index in [2.05, 4.69) is 4.98 Å². The number of ether oxygens (including phenoxy) is 3. The van der Waals surface area contributed by atoms with Gasteiger partial charge in [-0.1, -0.05) is 0 Å². The first-order valence-corrected chi connectivity index (χ1v) is 7.60. The van der Waals surface area contributed by atoms with Gasteiger partial charge in [0.25, 0.3) is 0 Å². The minimum Gasteiger partial charge on any atom is -0.477 e. The van der Waals surface area contributed by atoms with Crippen LogP contribution in [-0.4, -0.2) is 42.2 Å². The SMILES string of the molecule is COCOc1cnc(OCC2CC2)cc1N(C(=O)O)C(C)(C)C. The van der Waals surface area contributed by atoms with Crippen molar-refractivity contribution in [3.63, 3.8) is 0 Å². The van der Waals surface area contributed by atoms with E-state index < -0.39 is 11.6 Å². The summed E-state index contributed by atoms with van der Waals surface area (Å²) in [6.07, 6.45) is 2.74. The molecule has 1 aliphatic rings. The first-order chi connectivity index (χ1) is 10.8. The number of hydrogen-bond donors (Lipinski definition) is 1. The van der Waals surface area contributed by atoms with E-state index >= 15 is 0 Å². The Morgan fingerprint density at radius 1 is 1.39 bits per heavy atom. The summed E-state index contributed by atoms with van der Waals surface area (Å²) >= 11 is 0. The molecule has 0 aliphatic heterocycles. The molecule has 1 saturated carbocycles. The molecule has 1 amide bonds. The summed E-state index contributed by atoms with van der Waals surface area (Å²) in [5, 5.41) is 9.61. The number of hydrogen-bond acceptors (Lipinski definition) is 5. The fourth-order valence-corrected chi connectivity index (χ4v) is 2.14. The molecule has 1 fully saturated rings. The Hall–Kier alpha value is -2.02. The number of aromatic nitrogens is 1. The van der Waals surface area contributed by atoms with Crippen LogP contribution in [-0.2, 0) is 4.74 Å². The van der Waals surface area contributed by atoms with Crippen molar-refractivity contribution in [2.75, 3.05) is 25.4 Å². The predicted octanol–water partition coefficient (Wildman–Crippen LogP) is 3.14. The topological polar surface area (TPSA) is 81.1 Å². The van der Waals surface area contributed by atoms with Gasteiger partial charge in [0, 0.05) is 18.7 Å². The van der Waals surface area contributed by atoms with E-state index in [4.69, 9.17) is 14.2 Å². The third kappa shape index (κ3) is 4.72. The maximum absolute atomic E-state index is 11.7. The lowest BCUT2D eigenvalue weighted by Crippen LogP contribution is -2.45. The molecule has 0 radical (unpaired) electrons. The van der Waals surface area contributed by atoms with E-state index in [1.54, 1.807) is 6.07 Å². The quantitative estimate of drug-likeness (QED) is 0.776. The highest BCUT2D eigenvalue weighted by atomic mass is 16.7. The van der Waals surface area contributed by atoms with Gasteiger partial charge in [0.2, 0.25) is 5.88 Å². The highest BCUT2D eigenvalue weighted by Crippen LogP contribution is 2.36. The Kier molecular flexibility index (Phi) is 5.30. The zero-order chi connectivity index (χ0) is 17.0. The molecule has 0 atom stereocenters. The van der Waals surface area contributed by atoms with E-state index in [0.717, 1.165) is 0 Å². The molecule has 7 heteroatoms. The summed E-state index contributed by atoms with van der Waals surface area (Å²) in [6, 6.07) is 1.60. The van der Waals surface area contributed by atoms with Crippen LogP contribution in [0.25, 0.3) is 0 Å². The average Bonchev–Trinajstić information content (AvgIpc) is 3.26. The van der Waals surface area contributed by atoms with Crippen molar-refractivity contribution in [3.8, 4) is 11.6 Å². The number of carbonyl (C=O) groups is 1. The van der Waals surface area contributed by atoms with Crippen molar-refractivity contribution >= 4 is 11.8 Å². The van der Waals surface area contributed by atoms with Crippen LogP contribution in [0.3, 0.4) is 0 Å². The molecule has 1 heterocycles. The lowest BCUT2D eigenvalue weighted by atomic mass is 10.1. The van der Waals surface area contributed by atoms with Crippen LogP contribution in [0.4, 0.5) is 10.5 Å². The standard InChI is InChI=1S/C16H24N2O5/c1-16(2,3)18(15(19)20)12-7-14(22-9-11-5-6-11)17-8-13(12)23-10-21-4/h7-8,11H,5-6,9-10H2,1-4H3,(H,19,20). The zero-order valence-electron chi connectivity index (χ0n) is 14.0. The van der Waals surface area contributed by atoms with Gasteiger partial charge >= 0.3 is 6.09 Å². The van der Waals surface area contributed by atoms with Gasteiger partial charge in [-0.15, -0.1) is 0 Å². The first-order valence-electron chi connectivity index (χ1n) is 7.60. The average molecular weight is 324 g/mol. The van der Waals surface area contributed by atoms with Gasteiger partial charge in [-0.05, 0) is 39.5 Å². The van der Waals surface area contributed by atoms with Crippen LogP contribution in [0.1, 0.15) is 33.6 Å². The van der Waals surface area contributed by atoms with E-state index in [0.29, 0.717) is 29.8 Å². The van der Waals surface area contributed by atoms with Gasteiger partial charge in [-0.3, -0.25) is 4.90 Å². The van der Waals surface area contributed by atoms with E-state index in [9.17, 15) is 9.90 Å². The summed E-state index contributed by atoms with van der Waals surface area (Å²) in [5.74, 6) is 1.32. The van der Waals surface area contributed by atoms with Gasteiger partial charge in [0.1, 0.15) is 0 Å². The lowest BCUT2D eigenvalue weighted by Gasteiger charge is -2.34. The highest BCUT2D eigenvalue weighted by molar-refractivity contribution is 5.89. The largest absolute Gasteiger partial charge is 0.477 e. The second-order valence-corrected chi connectivity index (χ2v) is 6.58. The van der Waals surface area contributed by atoms with Gasteiger partial charge < -0.3 is 19.3 Å². The molecule has 1 aromatic heterocycles. The molecule has 23 heavy (non-hydrogen) atoms. The van der Waals surface area contributed by atoms with Gasteiger partial charge in [-0.2, -0.15) is 0 Å². The maximum atomic E-state index is 11.7. The van der Waals surface area contributed by atoms with Crippen LogP contribution in [0.15, 0.2) is 12.3 Å². The number of methoxy groups -OCH3 is 1. The number of pyridine rings is 1. The van der Waals surface area contributed by atoms with Gasteiger partial charge in [0.05, 0.1) is 18.5 Å². The molecule has 0 unspecified atom stereocenters. The molecule has 0 saturated heterocycles.